The van der Waals surface area contributed by atoms with Gasteiger partial charge in [0.05, 0.1) is 11.1 Å². The summed E-state index contributed by atoms with van der Waals surface area (Å²) in [6, 6.07) is 4.66. The van der Waals surface area contributed by atoms with Gasteiger partial charge in [-0.1, -0.05) is 0 Å². The Morgan fingerprint density at radius 1 is 1.38 bits per heavy atom. The van der Waals surface area contributed by atoms with Crippen LogP contribution in [0.5, 0.6) is 5.75 Å². The van der Waals surface area contributed by atoms with Crippen molar-refractivity contribution in [2.45, 2.75) is 0 Å². The van der Waals surface area contributed by atoms with E-state index in [4.69, 9.17) is 5.73 Å². The fourth-order valence-corrected chi connectivity index (χ4v) is 1.30. The highest BCUT2D eigenvalue weighted by Crippen LogP contribution is 2.17. The maximum Gasteiger partial charge on any atom is 0.250 e. The first-order chi connectivity index (χ1) is 6.18. The van der Waals surface area contributed by atoms with Gasteiger partial charge in [0.2, 0.25) is 0 Å². The maximum atomic E-state index is 10.9. The average molecular weight is 176 g/mol. The number of carbonyl (C=O) groups is 1. The molecule has 66 valence electrons. The van der Waals surface area contributed by atoms with Crippen molar-refractivity contribution in [3.8, 4) is 5.75 Å². The Morgan fingerprint density at radius 3 is 2.77 bits per heavy atom. The van der Waals surface area contributed by atoms with Crippen molar-refractivity contribution in [3.05, 3.63) is 36.2 Å². The summed E-state index contributed by atoms with van der Waals surface area (Å²) in [4.78, 5) is 10.9. The fraction of sp³-hybridized carbons (Fsp3) is 0. The number of fused-ring (bicyclic) bond motifs is 1. The first kappa shape index (κ1) is 7.67. The Balaban J connectivity index is 2.79. The molecular formula is C9H8N2O2. The van der Waals surface area contributed by atoms with E-state index in [1.165, 1.54) is 12.1 Å². The van der Waals surface area contributed by atoms with Gasteiger partial charge < -0.3 is 15.2 Å². The van der Waals surface area contributed by atoms with E-state index in [1.54, 1.807) is 22.9 Å². The smallest absolute Gasteiger partial charge is 0.250 e. The quantitative estimate of drug-likeness (QED) is 0.673. The Kier molecular flexibility index (Phi) is 1.48. The fourth-order valence-electron chi connectivity index (χ4n) is 1.30. The number of hydrogen-bond acceptors (Lipinski definition) is 2. The van der Waals surface area contributed by atoms with Crippen LogP contribution in [-0.2, 0) is 0 Å². The van der Waals surface area contributed by atoms with Crippen molar-refractivity contribution in [2.75, 3.05) is 0 Å². The third-order valence-corrected chi connectivity index (χ3v) is 1.91. The van der Waals surface area contributed by atoms with Crippen molar-refractivity contribution in [1.29, 1.82) is 0 Å². The first-order valence-electron chi connectivity index (χ1n) is 3.78. The van der Waals surface area contributed by atoms with Crippen LogP contribution >= 0.6 is 0 Å². The maximum absolute atomic E-state index is 10.9. The van der Waals surface area contributed by atoms with Crippen molar-refractivity contribution >= 4 is 11.4 Å². The van der Waals surface area contributed by atoms with Gasteiger partial charge in [-0.05, 0) is 12.1 Å². The van der Waals surface area contributed by atoms with Crippen LogP contribution in [-0.4, -0.2) is 15.4 Å². The lowest BCUT2D eigenvalue weighted by molar-refractivity contribution is 0.100. The van der Waals surface area contributed by atoms with Crippen LogP contribution in [0.4, 0.5) is 0 Å². The molecule has 1 amide bonds. The molecule has 4 nitrogen and oxygen atoms in total. The number of rotatable bonds is 1. The summed E-state index contributed by atoms with van der Waals surface area (Å²) < 4.78 is 1.72. The highest BCUT2D eigenvalue weighted by Gasteiger charge is 2.07. The van der Waals surface area contributed by atoms with Gasteiger partial charge in [-0.25, -0.2) is 0 Å². The number of carbonyl (C=O) groups excluding carboxylic acids is 1. The number of nitrogens with two attached hydrogens (primary N) is 1. The van der Waals surface area contributed by atoms with Gasteiger partial charge in [-0.15, -0.1) is 0 Å². The van der Waals surface area contributed by atoms with Crippen LogP contribution in [0.15, 0.2) is 30.6 Å². The van der Waals surface area contributed by atoms with E-state index in [0.717, 1.165) is 0 Å². The Morgan fingerprint density at radius 2 is 2.08 bits per heavy atom. The Hall–Kier alpha value is -1.97. The number of aromatic nitrogens is 1. The van der Waals surface area contributed by atoms with Crippen LogP contribution in [0.25, 0.3) is 5.52 Å². The summed E-state index contributed by atoms with van der Waals surface area (Å²) in [7, 11) is 0. The molecule has 13 heavy (non-hydrogen) atoms. The molecule has 0 aliphatic rings. The Labute approximate surface area is 74.2 Å². The minimum Gasteiger partial charge on any atom is -0.508 e. The molecule has 0 radical (unpaired) electrons. The summed E-state index contributed by atoms with van der Waals surface area (Å²) in [6.07, 6.45) is 3.38. The van der Waals surface area contributed by atoms with Crippen molar-refractivity contribution in [1.82, 2.24) is 4.40 Å². The molecule has 3 N–H and O–H groups in total. The predicted molar refractivity (Wildman–Crippen MR) is 47.6 cm³/mol. The van der Waals surface area contributed by atoms with Gasteiger partial charge in [-0.2, -0.15) is 0 Å². The number of aromatic hydroxyl groups is 1. The molecule has 2 aromatic heterocycles. The molecule has 0 fully saturated rings. The van der Waals surface area contributed by atoms with E-state index < -0.39 is 5.91 Å². The third-order valence-electron chi connectivity index (χ3n) is 1.91. The van der Waals surface area contributed by atoms with E-state index in [0.29, 0.717) is 11.1 Å². The second-order valence-electron chi connectivity index (χ2n) is 2.77. The van der Waals surface area contributed by atoms with Gasteiger partial charge in [0.15, 0.2) is 0 Å². The summed E-state index contributed by atoms with van der Waals surface area (Å²) in [5.74, 6) is -0.373. The highest BCUT2D eigenvalue weighted by atomic mass is 16.3. The van der Waals surface area contributed by atoms with Crippen LogP contribution in [0.2, 0.25) is 0 Å². The molecule has 2 heterocycles. The second kappa shape index (κ2) is 2.52. The van der Waals surface area contributed by atoms with Gasteiger partial charge in [-0.3, -0.25) is 4.79 Å². The molecule has 4 heteroatoms. The predicted octanol–water partition coefficient (Wildman–Crippen LogP) is 0.744. The molecule has 0 spiro atoms. The largest absolute Gasteiger partial charge is 0.508 e. The number of nitrogens with zero attached hydrogens (tertiary/aromatic N) is 1. The zero-order chi connectivity index (χ0) is 9.42. The number of amides is 1. The molecule has 0 saturated heterocycles. The van der Waals surface area contributed by atoms with Gasteiger partial charge in [0, 0.05) is 18.5 Å². The van der Waals surface area contributed by atoms with Crippen LogP contribution < -0.4 is 5.73 Å². The normalized spacial score (nSPS) is 10.5. The first-order valence-corrected chi connectivity index (χ1v) is 3.78. The van der Waals surface area contributed by atoms with Crippen molar-refractivity contribution < 1.29 is 9.90 Å². The number of primary amides is 1. The van der Waals surface area contributed by atoms with Gasteiger partial charge in [0.1, 0.15) is 5.75 Å². The highest BCUT2D eigenvalue weighted by molar-refractivity contribution is 6.00. The zero-order valence-corrected chi connectivity index (χ0v) is 6.77. The van der Waals surface area contributed by atoms with Crippen LogP contribution in [0, 0.1) is 0 Å². The lowest BCUT2D eigenvalue weighted by Gasteiger charge is -1.97. The molecule has 0 atom stereocenters. The molecule has 0 aliphatic carbocycles. The standard InChI is InChI=1S/C9H8N2O2/c10-9(13)7-2-4-11-3-1-6(12)5-8(7)11/h1-5,12H,(H2,10,13). The average Bonchev–Trinajstić information content (AvgIpc) is 2.46. The van der Waals surface area contributed by atoms with E-state index in [-0.39, 0.29) is 5.75 Å². The summed E-state index contributed by atoms with van der Waals surface area (Å²) in [5, 5.41) is 9.19. The zero-order valence-electron chi connectivity index (χ0n) is 6.77. The molecule has 0 unspecified atom stereocenters. The number of pyridine rings is 1. The van der Waals surface area contributed by atoms with E-state index in [9.17, 15) is 9.90 Å². The lowest BCUT2D eigenvalue weighted by Crippen LogP contribution is -2.10. The van der Waals surface area contributed by atoms with E-state index >= 15 is 0 Å². The van der Waals surface area contributed by atoms with Gasteiger partial charge in [0.25, 0.3) is 5.91 Å². The lowest BCUT2D eigenvalue weighted by atomic mass is 10.2. The topological polar surface area (TPSA) is 67.7 Å². The van der Waals surface area contributed by atoms with E-state index in [1.807, 2.05) is 0 Å². The van der Waals surface area contributed by atoms with Crippen molar-refractivity contribution in [2.24, 2.45) is 5.73 Å². The summed E-state index contributed by atoms with van der Waals surface area (Å²) in [6.45, 7) is 0. The van der Waals surface area contributed by atoms with E-state index in [2.05, 4.69) is 0 Å². The molecule has 0 saturated carbocycles. The second-order valence-corrected chi connectivity index (χ2v) is 2.77. The summed E-state index contributed by atoms with van der Waals surface area (Å²) in [5.41, 5.74) is 6.17. The minimum absolute atomic E-state index is 0.119. The van der Waals surface area contributed by atoms with Gasteiger partial charge >= 0.3 is 0 Å². The monoisotopic (exact) mass is 176 g/mol. The molecular weight excluding hydrogens is 168 g/mol. The number of hydrogen-bond donors (Lipinski definition) is 2. The summed E-state index contributed by atoms with van der Waals surface area (Å²) >= 11 is 0. The minimum atomic E-state index is -0.492. The molecule has 2 aromatic rings. The van der Waals surface area contributed by atoms with Crippen LogP contribution in [0.1, 0.15) is 10.4 Å². The van der Waals surface area contributed by atoms with Crippen molar-refractivity contribution in [3.63, 3.8) is 0 Å². The van der Waals surface area contributed by atoms with Crippen LogP contribution in [0.3, 0.4) is 0 Å². The third kappa shape index (κ3) is 1.12. The Bertz CT molecular complexity index is 473. The molecule has 2 rings (SSSR count). The molecule has 0 aromatic carbocycles. The molecule has 0 bridgehead atoms. The molecule has 0 aliphatic heterocycles. The SMILES string of the molecule is NC(=O)c1ccn2ccc(O)cc12.